The van der Waals surface area contributed by atoms with Crippen molar-refractivity contribution in [2.24, 2.45) is 0 Å². The molecule has 0 bridgehead atoms. The largest absolute Gasteiger partial charge is 0.330 e. The predicted octanol–water partition coefficient (Wildman–Crippen LogP) is 3.74. The van der Waals surface area contributed by atoms with Crippen LogP contribution in [-0.4, -0.2) is 9.97 Å². The van der Waals surface area contributed by atoms with Gasteiger partial charge in [0.15, 0.2) is 5.13 Å². The maximum Gasteiger partial charge on any atom is 0.188 e. The molecule has 0 saturated carbocycles. The fourth-order valence-corrected chi connectivity index (χ4v) is 2.66. The third-order valence-corrected chi connectivity index (χ3v) is 3.47. The van der Waals surface area contributed by atoms with Crippen molar-refractivity contribution in [1.82, 2.24) is 9.97 Å². The zero-order valence-electron chi connectivity index (χ0n) is 9.34. The highest BCUT2D eigenvalue weighted by atomic mass is 32.1. The highest BCUT2D eigenvalue weighted by molar-refractivity contribution is 7.22. The first kappa shape index (κ1) is 10.2. The van der Waals surface area contributed by atoms with Gasteiger partial charge in [-0.05, 0) is 30.7 Å². The Balaban J connectivity index is 1.99. The van der Waals surface area contributed by atoms with E-state index in [-0.39, 0.29) is 0 Å². The van der Waals surface area contributed by atoms with E-state index in [1.54, 1.807) is 23.7 Å². The molecule has 0 fully saturated rings. The molecular weight excluding hydrogens is 230 g/mol. The molecule has 0 aliphatic carbocycles. The van der Waals surface area contributed by atoms with Gasteiger partial charge >= 0.3 is 0 Å². The third kappa shape index (κ3) is 1.99. The summed E-state index contributed by atoms with van der Waals surface area (Å²) in [5.41, 5.74) is 3.24. The van der Waals surface area contributed by atoms with Crippen molar-refractivity contribution in [3.63, 3.8) is 0 Å². The van der Waals surface area contributed by atoms with Crippen LogP contribution < -0.4 is 5.32 Å². The third-order valence-electron chi connectivity index (χ3n) is 2.53. The summed E-state index contributed by atoms with van der Waals surface area (Å²) < 4.78 is 1.20. The molecule has 0 unspecified atom stereocenters. The van der Waals surface area contributed by atoms with Gasteiger partial charge < -0.3 is 5.32 Å². The number of fused-ring (bicyclic) bond motifs is 1. The van der Waals surface area contributed by atoms with Gasteiger partial charge in [-0.2, -0.15) is 0 Å². The average Bonchev–Trinajstić information content (AvgIpc) is 2.74. The fraction of sp³-hybridized carbons (Fsp3) is 0.0769. The number of hydrogen-bond acceptors (Lipinski definition) is 4. The van der Waals surface area contributed by atoms with E-state index in [1.165, 1.54) is 10.3 Å². The minimum Gasteiger partial charge on any atom is -0.330 e. The zero-order chi connectivity index (χ0) is 11.7. The number of nitrogens with zero attached hydrogens (tertiary/aromatic N) is 2. The minimum absolute atomic E-state index is 0.905. The first-order valence-electron chi connectivity index (χ1n) is 5.36. The summed E-state index contributed by atoms with van der Waals surface area (Å²) in [5, 5.41) is 4.17. The molecule has 1 aromatic carbocycles. The highest BCUT2D eigenvalue weighted by Gasteiger charge is 2.05. The second-order valence-electron chi connectivity index (χ2n) is 3.81. The summed E-state index contributed by atoms with van der Waals surface area (Å²) in [6.07, 6.45) is 3.55. The van der Waals surface area contributed by atoms with Gasteiger partial charge in [0.25, 0.3) is 0 Å². The molecular formula is C13H11N3S. The Morgan fingerprint density at radius 3 is 2.88 bits per heavy atom. The summed E-state index contributed by atoms with van der Waals surface area (Å²) in [4.78, 5) is 8.65. The van der Waals surface area contributed by atoms with Crippen molar-refractivity contribution in [3.8, 4) is 0 Å². The number of benzene rings is 1. The van der Waals surface area contributed by atoms with Crippen LogP contribution in [0.4, 0.5) is 10.8 Å². The van der Waals surface area contributed by atoms with Gasteiger partial charge in [-0.15, -0.1) is 0 Å². The molecule has 2 heterocycles. The van der Waals surface area contributed by atoms with Gasteiger partial charge in [0.05, 0.1) is 22.1 Å². The van der Waals surface area contributed by atoms with Crippen LogP contribution in [0.3, 0.4) is 0 Å². The van der Waals surface area contributed by atoms with E-state index in [4.69, 9.17) is 0 Å². The van der Waals surface area contributed by atoms with E-state index in [2.05, 4.69) is 40.4 Å². The first-order valence-corrected chi connectivity index (χ1v) is 6.18. The lowest BCUT2D eigenvalue weighted by Crippen LogP contribution is -1.89. The van der Waals surface area contributed by atoms with Gasteiger partial charge in [0, 0.05) is 6.20 Å². The van der Waals surface area contributed by atoms with Crippen molar-refractivity contribution in [3.05, 3.63) is 48.3 Å². The fourth-order valence-electron chi connectivity index (χ4n) is 1.70. The van der Waals surface area contributed by atoms with Crippen molar-refractivity contribution >= 4 is 32.4 Å². The Hall–Kier alpha value is -1.94. The average molecular weight is 241 g/mol. The molecule has 17 heavy (non-hydrogen) atoms. The van der Waals surface area contributed by atoms with Crippen LogP contribution in [0.2, 0.25) is 0 Å². The zero-order valence-corrected chi connectivity index (χ0v) is 10.2. The lowest BCUT2D eigenvalue weighted by molar-refractivity contribution is 1.31. The van der Waals surface area contributed by atoms with E-state index in [1.807, 2.05) is 12.1 Å². The standard InChI is InChI=1S/C13H11N3S/c1-9-4-2-6-11-12(9)16-13(17-11)15-10-5-3-7-14-8-10/h2-8H,1H3,(H,15,16). The van der Waals surface area contributed by atoms with Crippen molar-refractivity contribution in [2.75, 3.05) is 5.32 Å². The minimum atomic E-state index is 0.905. The molecule has 1 N–H and O–H groups in total. The van der Waals surface area contributed by atoms with E-state index in [9.17, 15) is 0 Å². The number of aromatic nitrogens is 2. The number of anilines is 2. The monoisotopic (exact) mass is 241 g/mol. The second kappa shape index (κ2) is 4.14. The molecule has 0 amide bonds. The SMILES string of the molecule is Cc1cccc2sc(Nc3cccnc3)nc12. The molecule has 0 saturated heterocycles. The summed E-state index contributed by atoms with van der Waals surface area (Å²) in [6, 6.07) is 10.1. The molecule has 0 radical (unpaired) electrons. The molecule has 0 aliphatic heterocycles. The molecule has 0 atom stereocenters. The molecule has 0 spiro atoms. The quantitative estimate of drug-likeness (QED) is 0.742. The number of nitrogens with one attached hydrogen (secondary N) is 1. The Labute approximate surface area is 103 Å². The van der Waals surface area contributed by atoms with Crippen molar-refractivity contribution < 1.29 is 0 Å². The second-order valence-corrected chi connectivity index (χ2v) is 4.84. The van der Waals surface area contributed by atoms with Gasteiger partial charge in [-0.3, -0.25) is 4.98 Å². The summed E-state index contributed by atoms with van der Waals surface area (Å²) >= 11 is 1.66. The molecule has 3 nitrogen and oxygen atoms in total. The maximum atomic E-state index is 4.59. The van der Waals surface area contributed by atoms with E-state index in [0.717, 1.165) is 16.3 Å². The Morgan fingerprint density at radius 2 is 2.12 bits per heavy atom. The van der Waals surface area contributed by atoms with Crippen molar-refractivity contribution in [1.29, 1.82) is 0 Å². The lowest BCUT2D eigenvalue weighted by atomic mass is 10.2. The molecule has 0 aliphatic rings. The Morgan fingerprint density at radius 1 is 1.18 bits per heavy atom. The van der Waals surface area contributed by atoms with Gasteiger partial charge in [0.2, 0.25) is 0 Å². The van der Waals surface area contributed by atoms with Gasteiger partial charge in [0.1, 0.15) is 0 Å². The Bertz CT molecular complexity index is 646. The maximum absolute atomic E-state index is 4.59. The van der Waals surface area contributed by atoms with Crippen molar-refractivity contribution in [2.45, 2.75) is 6.92 Å². The smallest absolute Gasteiger partial charge is 0.188 e. The predicted molar refractivity (Wildman–Crippen MR) is 71.9 cm³/mol. The topological polar surface area (TPSA) is 37.8 Å². The number of pyridine rings is 1. The number of aryl methyl sites for hydroxylation is 1. The van der Waals surface area contributed by atoms with E-state index >= 15 is 0 Å². The van der Waals surface area contributed by atoms with Gasteiger partial charge in [-0.25, -0.2) is 4.98 Å². The van der Waals surface area contributed by atoms with Crippen LogP contribution >= 0.6 is 11.3 Å². The lowest BCUT2D eigenvalue weighted by Gasteiger charge is -1.99. The molecule has 2 aromatic heterocycles. The number of thiazole rings is 1. The van der Waals surface area contributed by atoms with Crippen LogP contribution in [0.25, 0.3) is 10.2 Å². The molecule has 3 aromatic rings. The molecule has 84 valence electrons. The van der Waals surface area contributed by atoms with Crippen LogP contribution in [0.1, 0.15) is 5.56 Å². The van der Waals surface area contributed by atoms with E-state index < -0.39 is 0 Å². The number of para-hydroxylation sites is 1. The highest BCUT2D eigenvalue weighted by Crippen LogP contribution is 2.29. The summed E-state index contributed by atoms with van der Waals surface area (Å²) in [7, 11) is 0. The number of rotatable bonds is 2. The normalized spacial score (nSPS) is 10.6. The van der Waals surface area contributed by atoms with Gasteiger partial charge in [-0.1, -0.05) is 23.5 Å². The molecule has 3 rings (SSSR count). The van der Waals surface area contributed by atoms with Crippen LogP contribution in [0.15, 0.2) is 42.7 Å². The van der Waals surface area contributed by atoms with E-state index in [0.29, 0.717) is 0 Å². The summed E-state index contributed by atoms with van der Waals surface area (Å²) in [5.74, 6) is 0. The van der Waals surface area contributed by atoms with Crippen LogP contribution in [0, 0.1) is 6.92 Å². The number of hydrogen-bond donors (Lipinski definition) is 1. The first-order chi connectivity index (χ1) is 8.33. The summed E-state index contributed by atoms with van der Waals surface area (Å²) in [6.45, 7) is 2.08. The van der Waals surface area contributed by atoms with Crippen LogP contribution in [0.5, 0.6) is 0 Å². The molecule has 4 heteroatoms. The Kier molecular flexibility index (Phi) is 2.49. The van der Waals surface area contributed by atoms with Crippen LogP contribution in [-0.2, 0) is 0 Å².